The molecular formula is C20H17ClN4O. The number of ether oxygens (including phenoxy) is 1. The van der Waals surface area contributed by atoms with Crippen LogP contribution in [0.5, 0.6) is 5.75 Å². The number of H-pyrrole nitrogens is 1. The van der Waals surface area contributed by atoms with Gasteiger partial charge in [-0.1, -0.05) is 29.8 Å². The molecule has 26 heavy (non-hydrogen) atoms. The minimum atomic E-state index is 0.460. The molecule has 0 radical (unpaired) electrons. The van der Waals surface area contributed by atoms with Gasteiger partial charge in [-0.3, -0.25) is 5.10 Å². The van der Waals surface area contributed by atoms with E-state index >= 15 is 0 Å². The number of pyridine rings is 2. The smallest absolute Gasteiger partial charge is 0.181 e. The summed E-state index contributed by atoms with van der Waals surface area (Å²) < 4.78 is 5.25. The molecule has 0 bridgehead atoms. The van der Waals surface area contributed by atoms with Crippen molar-refractivity contribution in [2.24, 2.45) is 0 Å². The molecule has 0 aliphatic carbocycles. The van der Waals surface area contributed by atoms with Crippen LogP contribution in [0.25, 0.3) is 22.3 Å². The SMILES string of the molecule is COc1ccc(Cc2c(-c3cccc(Cl)n3)cnc3n[nH]c(C)c23)cc1. The first-order valence-corrected chi connectivity index (χ1v) is 8.62. The normalized spacial score (nSPS) is 11.0. The lowest BCUT2D eigenvalue weighted by Gasteiger charge is -2.12. The van der Waals surface area contributed by atoms with Gasteiger partial charge in [0, 0.05) is 22.8 Å². The average Bonchev–Trinajstić information content (AvgIpc) is 3.04. The summed E-state index contributed by atoms with van der Waals surface area (Å²) in [7, 11) is 1.67. The number of hydrogen-bond acceptors (Lipinski definition) is 4. The van der Waals surface area contributed by atoms with Gasteiger partial charge >= 0.3 is 0 Å². The molecular weight excluding hydrogens is 348 g/mol. The molecule has 0 aliphatic rings. The van der Waals surface area contributed by atoms with Gasteiger partial charge in [-0.15, -0.1) is 0 Å². The van der Waals surface area contributed by atoms with Gasteiger partial charge in [-0.05, 0) is 48.7 Å². The maximum Gasteiger partial charge on any atom is 0.181 e. The number of aryl methyl sites for hydroxylation is 1. The van der Waals surface area contributed by atoms with E-state index in [1.54, 1.807) is 13.2 Å². The molecule has 130 valence electrons. The monoisotopic (exact) mass is 364 g/mol. The second-order valence-corrected chi connectivity index (χ2v) is 6.46. The Morgan fingerprint density at radius 3 is 2.65 bits per heavy atom. The topological polar surface area (TPSA) is 63.7 Å². The maximum atomic E-state index is 6.11. The molecule has 1 N–H and O–H groups in total. The number of fused-ring (bicyclic) bond motifs is 1. The van der Waals surface area contributed by atoms with E-state index in [-0.39, 0.29) is 0 Å². The number of hydrogen-bond donors (Lipinski definition) is 1. The highest BCUT2D eigenvalue weighted by atomic mass is 35.5. The summed E-state index contributed by atoms with van der Waals surface area (Å²) in [5.74, 6) is 0.838. The zero-order chi connectivity index (χ0) is 18.1. The second kappa shape index (κ2) is 6.77. The van der Waals surface area contributed by atoms with Crippen molar-refractivity contribution in [3.05, 3.63) is 70.6 Å². The second-order valence-electron chi connectivity index (χ2n) is 6.07. The first kappa shape index (κ1) is 16.5. The lowest BCUT2D eigenvalue weighted by atomic mass is 9.95. The van der Waals surface area contributed by atoms with Crippen molar-refractivity contribution < 1.29 is 4.74 Å². The van der Waals surface area contributed by atoms with Gasteiger partial charge in [-0.2, -0.15) is 5.10 Å². The van der Waals surface area contributed by atoms with E-state index in [4.69, 9.17) is 16.3 Å². The van der Waals surface area contributed by atoms with E-state index in [2.05, 4.69) is 32.3 Å². The van der Waals surface area contributed by atoms with Gasteiger partial charge in [0.05, 0.1) is 12.8 Å². The van der Waals surface area contributed by atoms with Gasteiger partial charge in [0.25, 0.3) is 0 Å². The van der Waals surface area contributed by atoms with Crippen LogP contribution in [0.1, 0.15) is 16.8 Å². The van der Waals surface area contributed by atoms with Crippen molar-refractivity contribution in [1.82, 2.24) is 20.2 Å². The molecule has 1 aromatic carbocycles. The van der Waals surface area contributed by atoms with Crippen LogP contribution < -0.4 is 4.74 Å². The molecule has 0 saturated heterocycles. The van der Waals surface area contributed by atoms with Crippen molar-refractivity contribution >= 4 is 22.6 Å². The third kappa shape index (κ3) is 3.02. The van der Waals surface area contributed by atoms with Crippen LogP contribution in [0.2, 0.25) is 5.15 Å². The Hall–Kier alpha value is -2.92. The molecule has 5 nitrogen and oxygen atoms in total. The van der Waals surface area contributed by atoms with Crippen LogP contribution in [0.3, 0.4) is 0 Å². The molecule has 3 heterocycles. The highest BCUT2D eigenvalue weighted by Crippen LogP contribution is 2.31. The fraction of sp³-hybridized carbons (Fsp3) is 0.150. The number of nitrogens with one attached hydrogen (secondary N) is 1. The van der Waals surface area contributed by atoms with E-state index in [1.807, 2.05) is 37.4 Å². The van der Waals surface area contributed by atoms with E-state index in [0.29, 0.717) is 10.8 Å². The molecule has 0 fully saturated rings. The third-order valence-corrected chi connectivity index (χ3v) is 4.61. The van der Waals surface area contributed by atoms with Crippen LogP contribution in [-0.2, 0) is 6.42 Å². The molecule has 0 atom stereocenters. The van der Waals surface area contributed by atoms with Crippen molar-refractivity contribution in [2.75, 3.05) is 7.11 Å². The van der Waals surface area contributed by atoms with Crippen molar-refractivity contribution in [3.63, 3.8) is 0 Å². The van der Waals surface area contributed by atoms with Gasteiger partial charge < -0.3 is 4.74 Å². The number of aromatic nitrogens is 4. The first-order chi connectivity index (χ1) is 12.7. The molecule has 0 spiro atoms. The van der Waals surface area contributed by atoms with Gasteiger partial charge in [0.1, 0.15) is 10.9 Å². The van der Waals surface area contributed by atoms with Crippen LogP contribution in [0.4, 0.5) is 0 Å². The number of aromatic amines is 1. The summed E-state index contributed by atoms with van der Waals surface area (Å²) in [6, 6.07) is 13.7. The molecule has 0 amide bonds. The lowest BCUT2D eigenvalue weighted by molar-refractivity contribution is 0.414. The third-order valence-electron chi connectivity index (χ3n) is 4.40. The van der Waals surface area contributed by atoms with Crippen LogP contribution in [0.15, 0.2) is 48.7 Å². The minimum absolute atomic E-state index is 0.460. The fourth-order valence-corrected chi connectivity index (χ4v) is 3.28. The Bertz CT molecular complexity index is 1070. The Kier molecular flexibility index (Phi) is 4.31. The number of halogens is 1. The van der Waals surface area contributed by atoms with Gasteiger partial charge in [0.15, 0.2) is 5.65 Å². The van der Waals surface area contributed by atoms with Gasteiger partial charge in [-0.25, -0.2) is 9.97 Å². The largest absolute Gasteiger partial charge is 0.497 e. The highest BCUT2D eigenvalue weighted by Gasteiger charge is 2.16. The molecule has 6 heteroatoms. The Labute approximate surface area is 156 Å². The number of rotatable bonds is 4. The highest BCUT2D eigenvalue weighted by molar-refractivity contribution is 6.29. The fourth-order valence-electron chi connectivity index (χ4n) is 3.12. The van der Waals surface area contributed by atoms with E-state index in [0.717, 1.165) is 40.1 Å². The number of benzene rings is 1. The van der Waals surface area contributed by atoms with E-state index in [1.165, 1.54) is 5.56 Å². The predicted molar refractivity (Wildman–Crippen MR) is 103 cm³/mol. The van der Waals surface area contributed by atoms with Crippen molar-refractivity contribution in [1.29, 1.82) is 0 Å². The summed E-state index contributed by atoms with van der Waals surface area (Å²) in [4.78, 5) is 8.96. The predicted octanol–water partition coefficient (Wildman–Crippen LogP) is 4.58. The zero-order valence-corrected chi connectivity index (χ0v) is 15.2. The van der Waals surface area contributed by atoms with Gasteiger partial charge in [0.2, 0.25) is 0 Å². The summed E-state index contributed by atoms with van der Waals surface area (Å²) >= 11 is 6.11. The van der Waals surface area contributed by atoms with E-state index < -0.39 is 0 Å². The molecule has 0 saturated carbocycles. The molecule has 3 aromatic heterocycles. The zero-order valence-electron chi connectivity index (χ0n) is 14.5. The number of nitrogens with zero attached hydrogens (tertiary/aromatic N) is 3. The summed E-state index contributed by atoms with van der Waals surface area (Å²) in [5.41, 5.74) is 5.75. The molecule has 0 unspecified atom stereocenters. The first-order valence-electron chi connectivity index (χ1n) is 8.24. The summed E-state index contributed by atoms with van der Waals surface area (Å²) in [6.45, 7) is 2.00. The maximum absolute atomic E-state index is 6.11. The lowest BCUT2D eigenvalue weighted by Crippen LogP contribution is -1.98. The van der Waals surface area contributed by atoms with Crippen LogP contribution in [0, 0.1) is 6.92 Å². The Morgan fingerprint density at radius 2 is 1.92 bits per heavy atom. The van der Waals surface area contributed by atoms with Crippen LogP contribution >= 0.6 is 11.6 Å². The Morgan fingerprint density at radius 1 is 1.12 bits per heavy atom. The molecule has 0 aliphatic heterocycles. The van der Waals surface area contributed by atoms with Crippen LogP contribution in [-0.4, -0.2) is 27.3 Å². The molecule has 4 rings (SSSR count). The average molecular weight is 365 g/mol. The van der Waals surface area contributed by atoms with Crippen molar-refractivity contribution in [2.45, 2.75) is 13.3 Å². The molecule has 4 aromatic rings. The Balaban J connectivity index is 1.89. The summed E-state index contributed by atoms with van der Waals surface area (Å²) in [5, 5.41) is 8.82. The van der Waals surface area contributed by atoms with Crippen molar-refractivity contribution in [3.8, 4) is 17.0 Å². The van der Waals surface area contributed by atoms with E-state index in [9.17, 15) is 0 Å². The standard InChI is InChI=1S/C20H17ClN4O/c1-12-19-15(10-13-6-8-14(26-2)9-7-13)16(11-22-20(19)25-24-12)17-4-3-5-18(21)23-17/h3-9,11H,10H2,1-2H3,(H,22,24,25). The minimum Gasteiger partial charge on any atom is -0.497 e. The quantitative estimate of drug-likeness (QED) is 0.538. The summed E-state index contributed by atoms with van der Waals surface area (Å²) in [6.07, 6.45) is 2.55. The number of methoxy groups -OCH3 is 1.